The maximum Gasteiger partial charge on any atom is 0.0992 e. The van der Waals surface area contributed by atoms with Gasteiger partial charge in [-0.25, -0.2) is 0 Å². The van der Waals surface area contributed by atoms with E-state index in [1.807, 2.05) is 0 Å². The lowest BCUT2D eigenvalue weighted by Crippen LogP contribution is -2.19. The van der Waals surface area contributed by atoms with Gasteiger partial charge >= 0.3 is 0 Å². The molecule has 0 aromatic carbocycles. The summed E-state index contributed by atoms with van der Waals surface area (Å²) in [5, 5.41) is 0.573. The van der Waals surface area contributed by atoms with Crippen LogP contribution in [0.15, 0.2) is 0 Å². The van der Waals surface area contributed by atoms with Crippen LogP contribution < -0.4 is 0 Å². The standard InChI is InChI=1S/C12H22B2/c1-12(13,14)9-5-10-7-2-3-8(4-7)11(10)6-9/h7-11H,2-6,13-14H2,1H3. The molecule has 0 aromatic heterocycles. The maximum atomic E-state index is 2.45. The molecule has 2 heteroatoms. The minimum atomic E-state index is 0.573. The number of rotatable bonds is 1. The van der Waals surface area contributed by atoms with E-state index in [-0.39, 0.29) is 0 Å². The van der Waals surface area contributed by atoms with E-state index in [4.69, 9.17) is 0 Å². The normalized spacial score (nSPS) is 51.1. The van der Waals surface area contributed by atoms with Gasteiger partial charge in [0.1, 0.15) is 0 Å². The van der Waals surface area contributed by atoms with Crippen LogP contribution in [0, 0.1) is 29.6 Å². The van der Waals surface area contributed by atoms with Crippen molar-refractivity contribution in [2.24, 2.45) is 29.6 Å². The van der Waals surface area contributed by atoms with Gasteiger partial charge in [0.15, 0.2) is 0 Å². The van der Waals surface area contributed by atoms with Crippen molar-refractivity contribution in [2.75, 3.05) is 0 Å². The number of hydrogen-bond acceptors (Lipinski definition) is 0. The zero-order valence-corrected chi connectivity index (χ0v) is 9.92. The van der Waals surface area contributed by atoms with Crippen LogP contribution in [0.25, 0.3) is 0 Å². The summed E-state index contributed by atoms with van der Waals surface area (Å²) in [5.74, 6) is 5.63. The molecule has 14 heavy (non-hydrogen) atoms. The second-order valence-electron chi connectivity index (χ2n) is 7.20. The quantitative estimate of drug-likeness (QED) is 0.546. The Hall–Kier alpha value is 0.130. The van der Waals surface area contributed by atoms with Crippen molar-refractivity contribution in [2.45, 2.75) is 44.2 Å². The van der Waals surface area contributed by atoms with Crippen molar-refractivity contribution in [3.8, 4) is 0 Å². The van der Waals surface area contributed by atoms with Gasteiger partial charge in [-0.15, -0.1) is 0 Å². The Bertz CT molecular complexity index is 225. The van der Waals surface area contributed by atoms with E-state index in [2.05, 4.69) is 22.6 Å². The lowest BCUT2D eigenvalue weighted by Gasteiger charge is -2.28. The molecule has 4 atom stereocenters. The Morgan fingerprint density at radius 1 is 0.929 bits per heavy atom. The SMILES string of the molecule is BC(B)(C)C1CC2C3CCC(C3)C2C1. The van der Waals surface area contributed by atoms with Crippen LogP contribution in [-0.2, 0) is 0 Å². The first-order chi connectivity index (χ1) is 6.55. The third-order valence-electron chi connectivity index (χ3n) is 5.61. The van der Waals surface area contributed by atoms with Crippen molar-refractivity contribution in [3.05, 3.63) is 0 Å². The van der Waals surface area contributed by atoms with E-state index in [0.717, 1.165) is 29.6 Å². The second kappa shape index (κ2) is 2.83. The van der Waals surface area contributed by atoms with Gasteiger partial charge in [0.25, 0.3) is 0 Å². The average molecular weight is 188 g/mol. The highest BCUT2D eigenvalue weighted by atomic mass is 14.6. The highest BCUT2D eigenvalue weighted by Crippen LogP contribution is 2.62. The molecule has 0 radical (unpaired) electrons. The summed E-state index contributed by atoms with van der Waals surface area (Å²) in [6.45, 7) is 2.45. The number of hydrogen-bond donors (Lipinski definition) is 0. The summed E-state index contributed by atoms with van der Waals surface area (Å²) in [6.07, 6.45) is 7.88. The van der Waals surface area contributed by atoms with E-state index in [1.165, 1.54) is 0 Å². The van der Waals surface area contributed by atoms with Gasteiger partial charge < -0.3 is 0 Å². The predicted molar refractivity (Wildman–Crippen MR) is 66.0 cm³/mol. The lowest BCUT2D eigenvalue weighted by atomic mass is 9.49. The molecule has 3 fully saturated rings. The van der Waals surface area contributed by atoms with Crippen LogP contribution in [0.3, 0.4) is 0 Å². The molecule has 0 aromatic rings. The Labute approximate surface area is 90.0 Å². The molecule has 3 aliphatic rings. The first-order valence-corrected chi connectivity index (χ1v) is 6.55. The molecule has 0 nitrogen and oxygen atoms in total. The minimum Gasteiger partial charge on any atom is -0.0845 e. The highest BCUT2D eigenvalue weighted by Gasteiger charge is 2.53. The van der Waals surface area contributed by atoms with Crippen LogP contribution in [0.4, 0.5) is 0 Å². The second-order valence-corrected chi connectivity index (χ2v) is 7.20. The summed E-state index contributed by atoms with van der Waals surface area (Å²) < 4.78 is 0. The van der Waals surface area contributed by atoms with E-state index < -0.39 is 0 Å². The molecular weight excluding hydrogens is 166 g/mol. The molecule has 0 heterocycles. The minimum absolute atomic E-state index is 0.573. The molecule has 0 spiro atoms. The van der Waals surface area contributed by atoms with E-state index >= 15 is 0 Å². The molecule has 0 aliphatic heterocycles. The van der Waals surface area contributed by atoms with Crippen molar-refractivity contribution >= 4 is 15.7 Å². The molecule has 76 valence electrons. The number of fused-ring (bicyclic) bond motifs is 5. The molecule has 4 unspecified atom stereocenters. The molecule has 0 N–H and O–H groups in total. The van der Waals surface area contributed by atoms with Crippen LogP contribution in [-0.4, -0.2) is 15.7 Å². The molecule has 3 saturated carbocycles. The van der Waals surface area contributed by atoms with Gasteiger partial charge in [-0.2, -0.15) is 0 Å². The summed E-state index contributed by atoms with van der Waals surface area (Å²) in [4.78, 5) is 0. The summed E-state index contributed by atoms with van der Waals surface area (Å²) in [5.41, 5.74) is 0. The summed E-state index contributed by atoms with van der Waals surface area (Å²) >= 11 is 0. The monoisotopic (exact) mass is 188 g/mol. The van der Waals surface area contributed by atoms with Crippen molar-refractivity contribution in [3.63, 3.8) is 0 Å². The molecule has 2 bridgehead atoms. The largest absolute Gasteiger partial charge is 0.0992 e. The fourth-order valence-electron chi connectivity index (χ4n) is 4.72. The Morgan fingerprint density at radius 3 is 1.86 bits per heavy atom. The lowest BCUT2D eigenvalue weighted by molar-refractivity contribution is 0.259. The fraction of sp³-hybridized carbons (Fsp3) is 1.00. The fourth-order valence-corrected chi connectivity index (χ4v) is 4.72. The zero-order chi connectivity index (χ0) is 9.92. The Balaban J connectivity index is 1.77. The predicted octanol–water partition coefficient (Wildman–Crippen LogP) is 1.46. The first-order valence-electron chi connectivity index (χ1n) is 6.55. The van der Waals surface area contributed by atoms with Gasteiger partial charge in [0.2, 0.25) is 0 Å². The van der Waals surface area contributed by atoms with Gasteiger partial charge in [0.05, 0.1) is 15.7 Å². The average Bonchev–Trinajstić information content (AvgIpc) is 2.74. The van der Waals surface area contributed by atoms with Crippen LogP contribution >= 0.6 is 0 Å². The molecule has 3 aliphatic carbocycles. The summed E-state index contributed by atoms with van der Waals surface area (Å²) in [7, 11) is 4.89. The van der Waals surface area contributed by atoms with Crippen molar-refractivity contribution in [1.82, 2.24) is 0 Å². The van der Waals surface area contributed by atoms with Gasteiger partial charge in [-0.1, -0.05) is 12.1 Å². The Morgan fingerprint density at radius 2 is 1.43 bits per heavy atom. The molecular formula is C12H22B2. The summed E-state index contributed by atoms with van der Waals surface area (Å²) in [6, 6.07) is 0. The van der Waals surface area contributed by atoms with E-state index in [9.17, 15) is 0 Å². The third-order valence-corrected chi connectivity index (χ3v) is 5.61. The molecule has 0 amide bonds. The van der Waals surface area contributed by atoms with E-state index in [0.29, 0.717) is 5.21 Å². The van der Waals surface area contributed by atoms with Crippen molar-refractivity contribution < 1.29 is 0 Å². The van der Waals surface area contributed by atoms with Crippen LogP contribution in [0.2, 0.25) is 5.21 Å². The molecule has 0 saturated heterocycles. The van der Waals surface area contributed by atoms with Gasteiger partial charge in [-0.05, 0) is 61.7 Å². The smallest absolute Gasteiger partial charge is 0.0845 e. The topological polar surface area (TPSA) is 0 Å². The third kappa shape index (κ3) is 1.22. The molecule has 3 rings (SSSR count). The highest BCUT2D eigenvalue weighted by molar-refractivity contribution is 6.39. The van der Waals surface area contributed by atoms with Crippen LogP contribution in [0.1, 0.15) is 39.0 Å². The van der Waals surface area contributed by atoms with Crippen molar-refractivity contribution in [1.29, 1.82) is 0 Å². The van der Waals surface area contributed by atoms with Crippen LogP contribution in [0.5, 0.6) is 0 Å². The Kier molecular flexibility index (Phi) is 1.89. The first kappa shape index (κ1) is 9.36. The zero-order valence-electron chi connectivity index (χ0n) is 9.92. The van der Waals surface area contributed by atoms with E-state index in [1.54, 1.807) is 32.1 Å². The maximum absolute atomic E-state index is 2.45. The van der Waals surface area contributed by atoms with Gasteiger partial charge in [-0.3, -0.25) is 0 Å². The van der Waals surface area contributed by atoms with Gasteiger partial charge in [0, 0.05) is 0 Å².